The van der Waals surface area contributed by atoms with Gasteiger partial charge in [-0.2, -0.15) is 0 Å². The Labute approximate surface area is 128 Å². The minimum atomic E-state index is -0.548. The monoisotopic (exact) mass is 359 g/mol. The fourth-order valence-corrected chi connectivity index (χ4v) is 4.15. The zero-order valence-electron chi connectivity index (χ0n) is 11.2. The maximum atomic E-state index is 14.0. The van der Waals surface area contributed by atoms with E-state index in [0.717, 1.165) is 11.1 Å². The fourth-order valence-electron chi connectivity index (χ4n) is 2.74. The quantitative estimate of drug-likeness (QED) is 0.876. The van der Waals surface area contributed by atoms with Gasteiger partial charge in [0.05, 0.1) is 16.3 Å². The van der Waals surface area contributed by atoms with Crippen LogP contribution in [0.3, 0.4) is 0 Å². The Kier molecular flexibility index (Phi) is 3.51. The summed E-state index contributed by atoms with van der Waals surface area (Å²) in [5, 5.41) is 10.0. The van der Waals surface area contributed by atoms with Crippen molar-refractivity contribution >= 4 is 37.5 Å². The lowest BCUT2D eigenvalue weighted by molar-refractivity contribution is 0.0579. The van der Waals surface area contributed by atoms with Crippen LogP contribution in [0.25, 0.3) is 10.2 Å². The molecule has 0 aliphatic heterocycles. The van der Waals surface area contributed by atoms with Crippen LogP contribution in [-0.2, 0) is 0 Å². The van der Waals surface area contributed by atoms with Crippen molar-refractivity contribution < 1.29 is 14.2 Å². The highest BCUT2D eigenvalue weighted by Crippen LogP contribution is 2.40. The molecule has 3 rings (SSSR count). The molecule has 0 saturated heterocycles. The Morgan fingerprint density at radius 2 is 2.20 bits per heavy atom. The average Bonchev–Trinajstić information content (AvgIpc) is 2.78. The maximum Gasteiger partial charge on any atom is 0.167 e. The smallest absolute Gasteiger partial charge is 0.167 e. The van der Waals surface area contributed by atoms with Crippen molar-refractivity contribution in [3.8, 4) is 5.75 Å². The second-order valence-electron chi connectivity index (χ2n) is 6.01. The number of fused-ring (bicyclic) bond motifs is 1. The molecule has 0 unspecified atom stereocenters. The summed E-state index contributed by atoms with van der Waals surface area (Å²) in [6.45, 7) is 4.17. The Balaban J connectivity index is 1.89. The summed E-state index contributed by atoms with van der Waals surface area (Å²) in [6.07, 6.45) is 0.493. The molecule has 2 atom stereocenters. The number of halogens is 2. The van der Waals surface area contributed by atoms with Crippen molar-refractivity contribution in [2.24, 2.45) is 5.41 Å². The number of rotatable bonds is 2. The summed E-state index contributed by atoms with van der Waals surface area (Å²) in [5.74, 6) is -0.248. The number of hydrogen-bond donors (Lipinski definition) is 1. The average molecular weight is 360 g/mol. The van der Waals surface area contributed by atoms with E-state index in [1.165, 1.54) is 17.4 Å². The third-order valence-corrected chi connectivity index (χ3v) is 5.11. The standard InChI is InChI=1S/C14H15BrFNO2S/c1-14(2)5-9(18)11(6-14)19-10-4-12-8(3-7(10)16)17-13(15)20-12/h3-4,9,11,18H,5-6H2,1-2H3/t9-,11+/m1/s1. The maximum absolute atomic E-state index is 14.0. The second-order valence-corrected chi connectivity index (χ2v) is 8.32. The molecule has 3 nitrogen and oxygen atoms in total. The molecule has 1 heterocycles. The van der Waals surface area contributed by atoms with E-state index in [2.05, 4.69) is 34.8 Å². The molecule has 1 aromatic heterocycles. The van der Waals surface area contributed by atoms with Gasteiger partial charge in [0.25, 0.3) is 0 Å². The van der Waals surface area contributed by atoms with Gasteiger partial charge in [0.15, 0.2) is 15.5 Å². The number of benzene rings is 1. The molecular weight excluding hydrogens is 345 g/mol. The van der Waals surface area contributed by atoms with E-state index >= 15 is 0 Å². The van der Waals surface area contributed by atoms with Gasteiger partial charge in [-0.3, -0.25) is 0 Å². The molecule has 1 saturated carbocycles. The van der Waals surface area contributed by atoms with Crippen LogP contribution >= 0.6 is 27.3 Å². The van der Waals surface area contributed by atoms with Crippen LogP contribution in [0.5, 0.6) is 5.75 Å². The summed E-state index contributed by atoms with van der Waals surface area (Å²) in [4.78, 5) is 4.18. The second kappa shape index (κ2) is 4.93. The van der Waals surface area contributed by atoms with Crippen LogP contribution in [0.15, 0.2) is 16.0 Å². The van der Waals surface area contributed by atoms with Crippen molar-refractivity contribution in [1.29, 1.82) is 0 Å². The molecule has 1 aliphatic carbocycles. The van der Waals surface area contributed by atoms with Gasteiger partial charge in [0.2, 0.25) is 0 Å². The number of nitrogens with zero attached hydrogens (tertiary/aromatic N) is 1. The Bertz CT molecular complexity index is 658. The van der Waals surface area contributed by atoms with E-state index in [4.69, 9.17) is 4.74 Å². The van der Waals surface area contributed by atoms with Gasteiger partial charge in [0.1, 0.15) is 6.10 Å². The van der Waals surface area contributed by atoms with Crippen LogP contribution in [0.2, 0.25) is 0 Å². The van der Waals surface area contributed by atoms with Gasteiger partial charge in [-0.05, 0) is 34.2 Å². The summed E-state index contributed by atoms with van der Waals surface area (Å²) < 4.78 is 21.3. The molecule has 20 heavy (non-hydrogen) atoms. The van der Waals surface area contributed by atoms with Crippen LogP contribution < -0.4 is 4.74 Å². The first-order valence-corrected chi connectivity index (χ1v) is 8.05. The van der Waals surface area contributed by atoms with Crippen molar-refractivity contribution in [1.82, 2.24) is 4.98 Å². The zero-order valence-corrected chi connectivity index (χ0v) is 13.6. The topological polar surface area (TPSA) is 42.4 Å². The highest BCUT2D eigenvalue weighted by molar-refractivity contribution is 9.11. The van der Waals surface area contributed by atoms with Crippen molar-refractivity contribution in [3.05, 3.63) is 21.9 Å². The summed E-state index contributed by atoms with van der Waals surface area (Å²) in [6, 6.07) is 3.03. The molecule has 1 aromatic carbocycles. The highest BCUT2D eigenvalue weighted by Gasteiger charge is 2.40. The largest absolute Gasteiger partial charge is 0.485 e. The van der Waals surface area contributed by atoms with E-state index in [0.29, 0.717) is 15.9 Å². The molecule has 6 heteroatoms. The minimum absolute atomic E-state index is 0.0260. The van der Waals surface area contributed by atoms with Crippen LogP contribution in [0.4, 0.5) is 4.39 Å². The van der Waals surface area contributed by atoms with Crippen LogP contribution in [-0.4, -0.2) is 22.3 Å². The lowest BCUT2D eigenvalue weighted by atomic mass is 9.92. The van der Waals surface area contributed by atoms with E-state index in [9.17, 15) is 9.50 Å². The number of aromatic nitrogens is 1. The van der Waals surface area contributed by atoms with Crippen molar-refractivity contribution in [2.75, 3.05) is 0 Å². The normalized spacial score (nSPS) is 25.2. The molecule has 0 spiro atoms. The number of ether oxygens (including phenoxy) is 1. The molecule has 2 aromatic rings. The summed E-state index contributed by atoms with van der Waals surface area (Å²) in [5.41, 5.74) is 0.636. The van der Waals surface area contributed by atoms with Gasteiger partial charge >= 0.3 is 0 Å². The molecule has 1 aliphatic rings. The molecular formula is C14H15BrFNO2S. The fraction of sp³-hybridized carbons (Fsp3) is 0.500. The van der Waals surface area contributed by atoms with Gasteiger partial charge < -0.3 is 9.84 Å². The molecule has 1 N–H and O–H groups in total. The van der Waals surface area contributed by atoms with E-state index < -0.39 is 11.9 Å². The summed E-state index contributed by atoms with van der Waals surface area (Å²) >= 11 is 4.72. The molecule has 0 amide bonds. The lowest BCUT2D eigenvalue weighted by Crippen LogP contribution is -2.26. The van der Waals surface area contributed by atoms with Gasteiger partial charge in [0, 0.05) is 12.1 Å². The predicted octanol–water partition coefficient (Wildman–Crippen LogP) is 4.13. The third kappa shape index (κ3) is 2.69. The zero-order chi connectivity index (χ0) is 14.5. The Hall–Kier alpha value is -0.720. The van der Waals surface area contributed by atoms with Gasteiger partial charge in [-0.25, -0.2) is 9.37 Å². The molecule has 1 fully saturated rings. The van der Waals surface area contributed by atoms with Crippen LogP contribution in [0.1, 0.15) is 26.7 Å². The van der Waals surface area contributed by atoms with Gasteiger partial charge in [-0.15, -0.1) is 11.3 Å². The summed E-state index contributed by atoms with van der Waals surface area (Å²) in [7, 11) is 0. The van der Waals surface area contributed by atoms with E-state index in [-0.39, 0.29) is 17.3 Å². The minimum Gasteiger partial charge on any atom is -0.485 e. The number of aliphatic hydroxyl groups excluding tert-OH is 1. The van der Waals surface area contributed by atoms with Crippen molar-refractivity contribution in [2.45, 2.75) is 38.9 Å². The third-order valence-electron chi connectivity index (χ3n) is 3.64. The first-order valence-electron chi connectivity index (χ1n) is 6.44. The van der Waals surface area contributed by atoms with Crippen molar-refractivity contribution in [3.63, 3.8) is 0 Å². The Morgan fingerprint density at radius 3 is 2.85 bits per heavy atom. The van der Waals surface area contributed by atoms with Crippen LogP contribution in [0, 0.1) is 11.2 Å². The number of hydrogen-bond acceptors (Lipinski definition) is 4. The molecule has 0 bridgehead atoms. The highest BCUT2D eigenvalue weighted by atomic mass is 79.9. The lowest BCUT2D eigenvalue weighted by Gasteiger charge is -2.18. The SMILES string of the molecule is CC1(C)C[C@@H](O)[C@@H](Oc2cc3sc(Br)nc3cc2F)C1. The first kappa shape index (κ1) is 14.2. The molecule has 0 radical (unpaired) electrons. The predicted molar refractivity (Wildman–Crippen MR) is 80.7 cm³/mol. The van der Waals surface area contributed by atoms with Gasteiger partial charge in [-0.1, -0.05) is 13.8 Å². The van der Waals surface area contributed by atoms with E-state index in [1.807, 2.05) is 0 Å². The number of aliphatic hydroxyl groups is 1. The molecule has 108 valence electrons. The van der Waals surface area contributed by atoms with E-state index in [1.54, 1.807) is 6.07 Å². The Morgan fingerprint density at radius 1 is 1.45 bits per heavy atom. The first-order chi connectivity index (χ1) is 9.34. The number of thiazole rings is 1.